The second kappa shape index (κ2) is 6.14. The molecule has 2 aliphatic rings. The molecule has 130 valence electrons. The predicted molar refractivity (Wildman–Crippen MR) is 94.7 cm³/mol. The fraction of sp³-hybridized carbons (Fsp3) is 0.450. The fourth-order valence-corrected chi connectivity index (χ4v) is 3.54. The van der Waals surface area contributed by atoms with Crippen LogP contribution in [0.3, 0.4) is 0 Å². The van der Waals surface area contributed by atoms with Crippen molar-refractivity contribution in [3.05, 3.63) is 52.6 Å². The number of fused-ring (bicyclic) bond motifs is 1. The number of aryl methyl sites for hydroxylation is 3. The molecule has 4 rings (SSSR count). The third-order valence-corrected chi connectivity index (χ3v) is 5.17. The Labute approximate surface area is 148 Å². The van der Waals surface area contributed by atoms with Crippen LogP contribution in [-0.2, 0) is 0 Å². The van der Waals surface area contributed by atoms with Crippen LogP contribution in [0.4, 0.5) is 0 Å². The summed E-state index contributed by atoms with van der Waals surface area (Å²) in [5, 5.41) is 0. The van der Waals surface area contributed by atoms with Crippen molar-refractivity contribution in [2.75, 3.05) is 6.61 Å². The highest BCUT2D eigenvalue weighted by atomic mass is 16.5. The molecule has 5 heteroatoms. The summed E-state index contributed by atoms with van der Waals surface area (Å²) in [5.41, 5.74) is 4.87. The molecule has 1 fully saturated rings. The summed E-state index contributed by atoms with van der Waals surface area (Å²) in [5.74, 6) is 0.917. The number of nitrogens with zero attached hydrogens (tertiary/aromatic N) is 3. The van der Waals surface area contributed by atoms with E-state index >= 15 is 0 Å². The van der Waals surface area contributed by atoms with E-state index in [4.69, 9.17) is 4.74 Å². The van der Waals surface area contributed by atoms with Crippen molar-refractivity contribution in [2.45, 2.75) is 52.1 Å². The number of hydrogen-bond acceptors (Lipinski definition) is 4. The first-order chi connectivity index (χ1) is 12.0. The Morgan fingerprint density at radius 1 is 1.08 bits per heavy atom. The normalized spacial score (nSPS) is 19.1. The number of amides is 1. The standard InChI is InChI=1S/C20H23N3O2/c1-12-8-16-18(6-7-25-19(16)9-13(12)2)23(15-4-5-15)20(24)17-10-14(3)21-11-22-17/h8-11,15,18H,4-7H2,1-3H3/t18-/m1/s1. The minimum absolute atomic E-state index is 0.00378. The van der Waals surface area contributed by atoms with Gasteiger partial charge in [0.1, 0.15) is 17.8 Å². The molecule has 0 N–H and O–H groups in total. The Morgan fingerprint density at radius 2 is 1.84 bits per heavy atom. The summed E-state index contributed by atoms with van der Waals surface area (Å²) in [7, 11) is 0. The molecule has 1 aliphatic carbocycles. The van der Waals surface area contributed by atoms with E-state index in [9.17, 15) is 4.79 Å². The van der Waals surface area contributed by atoms with E-state index in [-0.39, 0.29) is 11.9 Å². The Balaban J connectivity index is 1.74. The van der Waals surface area contributed by atoms with E-state index in [1.165, 1.54) is 17.5 Å². The summed E-state index contributed by atoms with van der Waals surface area (Å²) >= 11 is 0. The molecule has 0 saturated heterocycles. The monoisotopic (exact) mass is 337 g/mol. The number of hydrogen-bond donors (Lipinski definition) is 0. The third-order valence-electron chi connectivity index (χ3n) is 5.17. The zero-order valence-corrected chi connectivity index (χ0v) is 15.0. The summed E-state index contributed by atoms with van der Waals surface area (Å²) in [6.45, 7) is 6.73. The Morgan fingerprint density at radius 3 is 2.56 bits per heavy atom. The first kappa shape index (κ1) is 16.1. The van der Waals surface area contributed by atoms with Gasteiger partial charge in [-0.2, -0.15) is 0 Å². The number of aromatic nitrogens is 2. The average molecular weight is 337 g/mol. The Kier molecular flexibility index (Phi) is 3.94. The van der Waals surface area contributed by atoms with Crippen LogP contribution in [0.25, 0.3) is 0 Å². The second-order valence-corrected chi connectivity index (χ2v) is 7.12. The number of carbonyl (C=O) groups is 1. The minimum Gasteiger partial charge on any atom is -0.493 e. The van der Waals surface area contributed by atoms with Gasteiger partial charge in [-0.15, -0.1) is 0 Å². The molecule has 1 amide bonds. The lowest BCUT2D eigenvalue weighted by Crippen LogP contribution is -2.39. The third kappa shape index (κ3) is 2.99. The highest BCUT2D eigenvalue weighted by molar-refractivity contribution is 5.93. The van der Waals surface area contributed by atoms with Gasteiger partial charge in [-0.1, -0.05) is 6.07 Å². The lowest BCUT2D eigenvalue weighted by Gasteiger charge is -2.36. The van der Waals surface area contributed by atoms with Crippen molar-refractivity contribution in [3.8, 4) is 5.75 Å². The largest absolute Gasteiger partial charge is 0.493 e. The summed E-state index contributed by atoms with van der Waals surface area (Å²) in [6, 6.07) is 6.42. The van der Waals surface area contributed by atoms with Gasteiger partial charge in [0.05, 0.1) is 12.6 Å². The Hall–Kier alpha value is -2.43. The van der Waals surface area contributed by atoms with Crippen molar-refractivity contribution in [1.29, 1.82) is 0 Å². The molecule has 0 unspecified atom stereocenters. The SMILES string of the molecule is Cc1cc(C(=O)N(C2CC2)[C@@H]2CCOc3cc(C)c(C)cc32)ncn1. The number of rotatable bonds is 3. The summed E-state index contributed by atoms with van der Waals surface area (Å²) in [4.78, 5) is 23.6. The fourth-order valence-electron chi connectivity index (χ4n) is 3.54. The van der Waals surface area contributed by atoms with Gasteiger partial charge in [0, 0.05) is 23.7 Å². The lowest BCUT2D eigenvalue weighted by atomic mass is 9.94. The Bertz CT molecular complexity index is 830. The predicted octanol–water partition coefficient (Wildman–Crippen LogP) is 3.53. The number of benzene rings is 1. The molecule has 1 atom stereocenters. The van der Waals surface area contributed by atoms with E-state index in [2.05, 4.69) is 35.9 Å². The molecule has 1 aliphatic heterocycles. The molecule has 0 spiro atoms. The lowest BCUT2D eigenvalue weighted by molar-refractivity contribution is 0.0595. The van der Waals surface area contributed by atoms with Crippen molar-refractivity contribution in [3.63, 3.8) is 0 Å². The molecule has 2 heterocycles. The zero-order chi connectivity index (χ0) is 17.6. The van der Waals surface area contributed by atoms with E-state index in [0.717, 1.165) is 36.3 Å². The van der Waals surface area contributed by atoms with Gasteiger partial charge >= 0.3 is 0 Å². The zero-order valence-electron chi connectivity index (χ0n) is 15.0. The highest BCUT2D eigenvalue weighted by Crippen LogP contribution is 2.43. The smallest absolute Gasteiger partial charge is 0.273 e. The van der Waals surface area contributed by atoms with Crippen LogP contribution in [0.5, 0.6) is 5.75 Å². The average Bonchev–Trinajstić information content (AvgIpc) is 3.41. The van der Waals surface area contributed by atoms with Crippen LogP contribution in [-0.4, -0.2) is 33.4 Å². The van der Waals surface area contributed by atoms with Crippen molar-refractivity contribution < 1.29 is 9.53 Å². The molecule has 2 aromatic rings. The molecule has 1 saturated carbocycles. The van der Waals surface area contributed by atoms with Crippen molar-refractivity contribution in [1.82, 2.24) is 14.9 Å². The topological polar surface area (TPSA) is 55.3 Å². The number of ether oxygens (including phenoxy) is 1. The van der Waals surface area contributed by atoms with Crippen molar-refractivity contribution >= 4 is 5.91 Å². The van der Waals surface area contributed by atoms with E-state index in [1.807, 2.05) is 11.8 Å². The van der Waals surface area contributed by atoms with Crippen LogP contribution in [0.2, 0.25) is 0 Å². The maximum atomic E-state index is 13.2. The van der Waals surface area contributed by atoms with Gasteiger partial charge in [-0.3, -0.25) is 4.79 Å². The van der Waals surface area contributed by atoms with Gasteiger partial charge in [0.25, 0.3) is 5.91 Å². The van der Waals surface area contributed by atoms with Crippen LogP contribution >= 0.6 is 0 Å². The van der Waals surface area contributed by atoms with Gasteiger partial charge in [-0.25, -0.2) is 9.97 Å². The minimum atomic E-state index is 0.00378. The second-order valence-electron chi connectivity index (χ2n) is 7.12. The van der Waals surface area contributed by atoms with E-state index < -0.39 is 0 Å². The quantitative estimate of drug-likeness (QED) is 0.860. The maximum absolute atomic E-state index is 13.2. The van der Waals surface area contributed by atoms with Gasteiger partial charge in [-0.05, 0) is 56.9 Å². The maximum Gasteiger partial charge on any atom is 0.273 e. The molecule has 0 bridgehead atoms. The van der Waals surface area contributed by atoms with Gasteiger partial charge in [0.2, 0.25) is 0 Å². The molecule has 5 nitrogen and oxygen atoms in total. The van der Waals surface area contributed by atoms with Crippen LogP contribution in [0, 0.1) is 20.8 Å². The van der Waals surface area contributed by atoms with E-state index in [0.29, 0.717) is 18.3 Å². The van der Waals surface area contributed by atoms with E-state index in [1.54, 1.807) is 6.07 Å². The van der Waals surface area contributed by atoms with Crippen LogP contribution in [0.15, 0.2) is 24.5 Å². The molecule has 25 heavy (non-hydrogen) atoms. The first-order valence-corrected chi connectivity index (χ1v) is 8.90. The van der Waals surface area contributed by atoms with Gasteiger partial charge in [0.15, 0.2) is 0 Å². The summed E-state index contributed by atoms with van der Waals surface area (Å²) < 4.78 is 5.88. The van der Waals surface area contributed by atoms with Crippen molar-refractivity contribution in [2.24, 2.45) is 0 Å². The van der Waals surface area contributed by atoms with Crippen LogP contribution < -0.4 is 4.74 Å². The molecule has 0 radical (unpaired) electrons. The highest BCUT2D eigenvalue weighted by Gasteiger charge is 2.41. The summed E-state index contributed by atoms with van der Waals surface area (Å²) in [6.07, 6.45) is 4.42. The molecular formula is C20H23N3O2. The van der Waals surface area contributed by atoms with Crippen LogP contribution in [0.1, 0.15) is 58.2 Å². The van der Waals surface area contributed by atoms with Gasteiger partial charge < -0.3 is 9.64 Å². The molecule has 1 aromatic carbocycles. The molecule has 1 aromatic heterocycles. The first-order valence-electron chi connectivity index (χ1n) is 8.90. The molecular weight excluding hydrogens is 314 g/mol. The number of carbonyl (C=O) groups excluding carboxylic acids is 1.